The van der Waals surface area contributed by atoms with Crippen molar-refractivity contribution < 1.29 is 47.5 Å². The van der Waals surface area contributed by atoms with Gasteiger partial charge in [-0.05, 0) is 80.5 Å². The maximum absolute atomic E-state index is 12.6. The highest BCUT2D eigenvalue weighted by molar-refractivity contribution is 6.74. The van der Waals surface area contributed by atoms with Gasteiger partial charge in [0.05, 0.1) is 43.7 Å². The first-order valence-corrected chi connectivity index (χ1v) is 27.3. The van der Waals surface area contributed by atoms with Gasteiger partial charge < -0.3 is 47.5 Å². The zero-order valence-electron chi connectivity index (χ0n) is 38.3. The van der Waals surface area contributed by atoms with Crippen LogP contribution in [0.15, 0.2) is 60.7 Å². The summed E-state index contributed by atoms with van der Waals surface area (Å²) in [5.74, 6) is -2.53. The lowest BCUT2D eigenvalue weighted by atomic mass is 9.93. The maximum atomic E-state index is 12.6. The van der Waals surface area contributed by atoms with Gasteiger partial charge in [0.1, 0.15) is 13.6 Å². The van der Waals surface area contributed by atoms with Crippen molar-refractivity contribution >= 4 is 16.6 Å². The molecule has 0 spiro atoms. The number of ether oxygens (including phenoxy) is 6. The number of hydrogen-bond donors (Lipinski definition) is 2. The third-order valence-electron chi connectivity index (χ3n) is 12.0. The van der Waals surface area contributed by atoms with E-state index in [4.69, 9.17) is 37.3 Å². The Bertz CT molecular complexity index is 1430. The average molecular weight is 849 g/mol. The van der Waals surface area contributed by atoms with Crippen molar-refractivity contribution in [2.24, 2.45) is 0 Å². The lowest BCUT2D eigenvalue weighted by Crippen LogP contribution is -2.53. The Morgan fingerprint density at radius 3 is 1.69 bits per heavy atom. The molecule has 0 unspecified atom stereocenters. The SMILES string of the molecule is CC[C@@H](C[C@@H]1C[C@H](C[C@H](O)C[C@@](O)(C[C@H](CCO[Si](C)(C)C(C)(C)C)OCOCc2ccccc2)O[Si](C)(C)C(C)(C)C)OC(C)(C)O1)OCOCc1ccccc1. The molecule has 1 aliphatic rings. The standard InChI is InChI=1S/C46H80O10Si2/c1-14-39(51-34-49-32-36-21-17-15-18-22-36)28-42-29-41(54-45(8,9)55-42)27-38(47)30-46(48,56-58(12,13)44(5,6)7)31-40(25-26-53-57(10,11)43(2,3)4)52-35-50-33-37-23-19-16-20-24-37/h15-24,38-42,47-48H,14,25-35H2,1-13H3/t38-,39-,40-,41-,42+,46-/m0/s1. The fourth-order valence-corrected chi connectivity index (χ4v) is 9.21. The van der Waals surface area contributed by atoms with E-state index >= 15 is 0 Å². The average Bonchev–Trinajstić information content (AvgIpc) is 3.10. The van der Waals surface area contributed by atoms with Crippen LogP contribution < -0.4 is 0 Å². The Balaban J connectivity index is 1.72. The van der Waals surface area contributed by atoms with Gasteiger partial charge in [0.15, 0.2) is 28.2 Å². The summed E-state index contributed by atoms with van der Waals surface area (Å²) in [5.41, 5.74) is 2.15. The van der Waals surface area contributed by atoms with E-state index < -0.39 is 40.4 Å². The van der Waals surface area contributed by atoms with Gasteiger partial charge in [0, 0.05) is 32.3 Å². The minimum absolute atomic E-state index is 0.00139. The second kappa shape index (κ2) is 22.5. The van der Waals surface area contributed by atoms with Crippen LogP contribution in [-0.2, 0) is 50.5 Å². The Labute approximate surface area is 353 Å². The fraction of sp³-hybridized carbons (Fsp3) is 0.739. The monoisotopic (exact) mass is 849 g/mol. The highest BCUT2D eigenvalue weighted by atomic mass is 28.4. The minimum atomic E-state index is -2.53. The molecular weight excluding hydrogens is 769 g/mol. The molecule has 1 heterocycles. The zero-order chi connectivity index (χ0) is 43.3. The number of aliphatic hydroxyl groups excluding tert-OH is 1. The molecule has 332 valence electrons. The summed E-state index contributed by atoms with van der Waals surface area (Å²) >= 11 is 0. The van der Waals surface area contributed by atoms with Gasteiger partial charge in [0.2, 0.25) is 0 Å². The van der Waals surface area contributed by atoms with Crippen LogP contribution >= 0.6 is 0 Å². The van der Waals surface area contributed by atoms with Crippen LogP contribution in [0.4, 0.5) is 0 Å². The van der Waals surface area contributed by atoms with E-state index in [1.165, 1.54) is 0 Å². The predicted molar refractivity (Wildman–Crippen MR) is 236 cm³/mol. The van der Waals surface area contributed by atoms with Crippen LogP contribution in [0.2, 0.25) is 36.3 Å². The Morgan fingerprint density at radius 1 is 0.724 bits per heavy atom. The smallest absolute Gasteiger partial charge is 0.195 e. The van der Waals surface area contributed by atoms with E-state index in [0.717, 1.165) is 17.5 Å². The van der Waals surface area contributed by atoms with E-state index in [1.54, 1.807) is 0 Å². The second-order valence-corrected chi connectivity index (χ2v) is 29.3. The zero-order valence-corrected chi connectivity index (χ0v) is 40.3. The molecule has 1 fully saturated rings. The normalized spacial score (nSPS) is 20.7. The molecule has 0 radical (unpaired) electrons. The maximum Gasteiger partial charge on any atom is 0.195 e. The van der Waals surface area contributed by atoms with Crippen molar-refractivity contribution in [3.63, 3.8) is 0 Å². The highest BCUT2D eigenvalue weighted by Gasteiger charge is 2.47. The molecule has 12 heteroatoms. The number of aliphatic hydroxyl groups is 2. The third-order valence-corrected chi connectivity index (χ3v) is 21.0. The van der Waals surface area contributed by atoms with Gasteiger partial charge in [-0.15, -0.1) is 0 Å². The lowest BCUT2D eigenvalue weighted by molar-refractivity contribution is -0.307. The van der Waals surface area contributed by atoms with Crippen LogP contribution in [0.1, 0.15) is 118 Å². The van der Waals surface area contributed by atoms with E-state index in [0.29, 0.717) is 45.5 Å². The van der Waals surface area contributed by atoms with Gasteiger partial charge in [0.25, 0.3) is 0 Å². The molecule has 58 heavy (non-hydrogen) atoms. The number of hydrogen-bond acceptors (Lipinski definition) is 10. The molecule has 2 N–H and O–H groups in total. The minimum Gasteiger partial charge on any atom is -0.417 e. The summed E-state index contributed by atoms with van der Waals surface area (Å²) in [6.07, 6.45) is 1.19. The second-order valence-electron chi connectivity index (χ2n) is 19.7. The molecule has 0 aromatic heterocycles. The first-order valence-electron chi connectivity index (χ1n) is 21.5. The van der Waals surface area contributed by atoms with Gasteiger partial charge >= 0.3 is 0 Å². The van der Waals surface area contributed by atoms with E-state index in [-0.39, 0.29) is 54.8 Å². The van der Waals surface area contributed by atoms with Crippen LogP contribution in [0.25, 0.3) is 0 Å². The summed E-state index contributed by atoms with van der Waals surface area (Å²) in [7, 11) is -4.56. The van der Waals surface area contributed by atoms with Crippen LogP contribution in [0.5, 0.6) is 0 Å². The molecule has 10 nitrogen and oxygen atoms in total. The molecule has 1 saturated heterocycles. The van der Waals surface area contributed by atoms with Crippen molar-refractivity contribution in [2.75, 3.05) is 20.2 Å². The molecule has 6 atom stereocenters. The molecule has 0 aliphatic carbocycles. The molecule has 3 rings (SSSR count). The topological polar surface area (TPSA) is 114 Å². The predicted octanol–water partition coefficient (Wildman–Crippen LogP) is 10.5. The molecule has 2 aromatic rings. The number of rotatable bonds is 25. The van der Waals surface area contributed by atoms with E-state index in [1.807, 2.05) is 74.5 Å². The summed E-state index contributed by atoms with van der Waals surface area (Å²) in [6, 6.07) is 20.0. The lowest BCUT2D eigenvalue weighted by Gasteiger charge is -2.45. The number of benzene rings is 2. The largest absolute Gasteiger partial charge is 0.417 e. The Hall–Kier alpha value is -1.53. The first-order chi connectivity index (χ1) is 26.9. The highest BCUT2D eigenvalue weighted by Crippen LogP contribution is 2.42. The molecule has 0 bridgehead atoms. The molecule has 1 aliphatic heterocycles. The quantitative estimate of drug-likeness (QED) is 0.0569. The van der Waals surface area contributed by atoms with Gasteiger partial charge in [-0.25, -0.2) is 0 Å². The van der Waals surface area contributed by atoms with Crippen LogP contribution in [0, 0.1) is 0 Å². The van der Waals surface area contributed by atoms with Crippen LogP contribution in [0.3, 0.4) is 0 Å². The first kappa shape index (κ1) is 50.8. The summed E-state index contributed by atoms with van der Waals surface area (Å²) in [4.78, 5) is 0. The van der Waals surface area contributed by atoms with E-state index in [9.17, 15) is 10.2 Å². The van der Waals surface area contributed by atoms with Crippen LogP contribution in [-0.4, -0.2) is 89.1 Å². The summed E-state index contributed by atoms with van der Waals surface area (Å²) in [6.45, 7) is 29.4. The van der Waals surface area contributed by atoms with Crippen molar-refractivity contribution in [3.8, 4) is 0 Å². The molecule has 2 aromatic carbocycles. The van der Waals surface area contributed by atoms with Crippen molar-refractivity contribution in [2.45, 2.75) is 199 Å². The third kappa shape index (κ3) is 17.8. The summed E-state index contributed by atoms with van der Waals surface area (Å²) < 4.78 is 50.5. The molecular formula is C46H80O10Si2. The molecule has 0 amide bonds. The fourth-order valence-electron chi connectivity index (χ4n) is 6.72. The van der Waals surface area contributed by atoms with Gasteiger partial charge in [-0.2, -0.15) is 0 Å². The Morgan fingerprint density at radius 2 is 1.21 bits per heavy atom. The Kier molecular flexibility index (Phi) is 19.7. The molecule has 0 saturated carbocycles. The van der Waals surface area contributed by atoms with Gasteiger partial charge in [-0.3, -0.25) is 0 Å². The van der Waals surface area contributed by atoms with Crippen molar-refractivity contribution in [1.29, 1.82) is 0 Å². The van der Waals surface area contributed by atoms with Gasteiger partial charge in [-0.1, -0.05) is 109 Å². The summed E-state index contributed by atoms with van der Waals surface area (Å²) in [5, 5.41) is 24.3. The van der Waals surface area contributed by atoms with Crippen molar-refractivity contribution in [1.82, 2.24) is 0 Å². The van der Waals surface area contributed by atoms with E-state index in [2.05, 4.69) is 74.7 Å². The van der Waals surface area contributed by atoms with Crippen molar-refractivity contribution in [3.05, 3.63) is 71.8 Å².